The highest BCUT2D eigenvalue weighted by Gasteiger charge is 2.09. The molecule has 0 aliphatic rings. The van der Waals surface area contributed by atoms with Crippen LogP contribution in [0.15, 0.2) is 83.5 Å². The van der Waals surface area contributed by atoms with Gasteiger partial charge in [-0.15, -0.1) is 0 Å². The third-order valence-electron chi connectivity index (χ3n) is 4.41. The summed E-state index contributed by atoms with van der Waals surface area (Å²) in [4.78, 5) is 33.5. The largest absolute Gasteiger partial charge is 0.343 e. The number of amides is 2. The minimum Gasteiger partial charge on any atom is -0.343 e. The second-order valence-corrected chi connectivity index (χ2v) is 7.48. The van der Waals surface area contributed by atoms with Crippen LogP contribution in [0.4, 0.5) is 5.69 Å². The first-order chi connectivity index (χ1) is 14.6. The van der Waals surface area contributed by atoms with Crippen molar-refractivity contribution in [3.8, 4) is 11.3 Å². The fraction of sp³-hybridized carbons (Fsp3) is 0.0435. The molecule has 4 rings (SSSR count). The predicted molar refractivity (Wildman–Crippen MR) is 120 cm³/mol. The summed E-state index contributed by atoms with van der Waals surface area (Å²) in [5, 5.41) is 5.41. The molecular formula is C23H17BrN4O2. The Morgan fingerprint density at radius 2 is 1.67 bits per heavy atom. The van der Waals surface area contributed by atoms with Crippen molar-refractivity contribution in [1.82, 2.24) is 15.3 Å². The molecule has 0 radical (unpaired) electrons. The lowest BCUT2D eigenvalue weighted by molar-refractivity contribution is -0.115. The van der Waals surface area contributed by atoms with Crippen molar-refractivity contribution in [2.24, 2.45) is 0 Å². The lowest BCUT2D eigenvalue weighted by Crippen LogP contribution is -2.32. The smallest absolute Gasteiger partial charge is 0.251 e. The topological polar surface area (TPSA) is 84.0 Å². The van der Waals surface area contributed by atoms with Crippen LogP contribution in [0.1, 0.15) is 10.4 Å². The molecule has 1 aromatic heterocycles. The highest BCUT2D eigenvalue weighted by atomic mass is 79.9. The number of nitrogens with one attached hydrogen (secondary N) is 2. The number of hydrogen-bond acceptors (Lipinski definition) is 4. The maximum Gasteiger partial charge on any atom is 0.251 e. The van der Waals surface area contributed by atoms with Crippen molar-refractivity contribution in [3.05, 3.63) is 89.0 Å². The van der Waals surface area contributed by atoms with E-state index in [0.29, 0.717) is 16.9 Å². The van der Waals surface area contributed by atoms with Gasteiger partial charge < -0.3 is 10.6 Å². The summed E-state index contributed by atoms with van der Waals surface area (Å²) in [7, 11) is 0. The number of carbonyl (C=O) groups is 2. The molecule has 7 heteroatoms. The summed E-state index contributed by atoms with van der Waals surface area (Å²) < 4.78 is 0.882. The molecule has 0 atom stereocenters. The van der Waals surface area contributed by atoms with E-state index in [4.69, 9.17) is 0 Å². The number of fused-ring (bicyclic) bond motifs is 1. The van der Waals surface area contributed by atoms with Crippen LogP contribution in [0.3, 0.4) is 0 Å². The summed E-state index contributed by atoms with van der Waals surface area (Å²) in [6, 6.07) is 21.9. The van der Waals surface area contributed by atoms with Crippen molar-refractivity contribution in [1.29, 1.82) is 0 Å². The van der Waals surface area contributed by atoms with Crippen molar-refractivity contribution in [2.45, 2.75) is 0 Å². The van der Waals surface area contributed by atoms with Crippen LogP contribution in [0.25, 0.3) is 22.3 Å². The van der Waals surface area contributed by atoms with Crippen LogP contribution in [0.5, 0.6) is 0 Å². The first kappa shape index (κ1) is 19.7. The van der Waals surface area contributed by atoms with E-state index in [9.17, 15) is 9.59 Å². The summed E-state index contributed by atoms with van der Waals surface area (Å²) in [5.41, 5.74) is 4.29. The minimum absolute atomic E-state index is 0.130. The highest BCUT2D eigenvalue weighted by molar-refractivity contribution is 9.10. The minimum atomic E-state index is -0.317. The molecule has 1 heterocycles. The zero-order valence-corrected chi connectivity index (χ0v) is 17.4. The first-order valence-corrected chi connectivity index (χ1v) is 10.0. The molecule has 0 spiro atoms. The fourth-order valence-corrected chi connectivity index (χ4v) is 3.19. The number of nitrogens with zero attached hydrogens (tertiary/aromatic N) is 2. The van der Waals surface area contributed by atoms with E-state index < -0.39 is 0 Å². The van der Waals surface area contributed by atoms with Gasteiger partial charge in [-0.25, -0.2) is 4.98 Å². The standard InChI is InChI=1S/C23H17BrN4O2/c24-17-10-8-15(9-11-17)23(30)26-14-22(29)27-18-5-3-4-16(12-18)21-13-25-19-6-1-2-7-20(19)28-21/h1-13H,14H2,(H,26,30)(H,27,29). The van der Waals surface area contributed by atoms with Crippen LogP contribution >= 0.6 is 15.9 Å². The van der Waals surface area contributed by atoms with Gasteiger partial charge in [0.05, 0.1) is 29.5 Å². The SMILES string of the molecule is O=C(CNC(=O)c1ccc(Br)cc1)Nc1cccc(-c2cnc3ccccc3n2)c1. The van der Waals surface area contributed by atoms with E-state index in [1.807, 2.05) is 42.5 Å². The van der Waals surface area contributed by atoms with Gasteiger partial charge in [0.2, 0.25) is 5.91 Å². The van der Waals surface area contributed by atoms with Crippen LogP contribution in [-0.4, -0.2) is 28.3 Å². The molecule has 4 aromatic rings. The molecule has 0 bridgehead atoms. The van der Waals surface area contributed by atoms with E-state index in [1.54, 1.807) is 36.5 Å². The zero-order chi connectivity index (χ0) is 20.9. The third-order valence-corrected chi connectivity index (χ3v) is 4.94. The Morgan fingerprint density at radius 3 is 2.47 bits per heavy atom. The Morgan fingerprint density at radius 1 is 0.900 bits per heavy atom. The van der Waals surface area contributed by atoms with Crippen LogP contribution in [0.2, 0.25) is 0 Å². The van der Waals surface area contributed by atoms with Gasteiger partial charge in [0.15, 0.2) is 0 Å². The zero-order valence-electron chi connectivity index (χ0n) is 15.8. The van der Waals surface area contributed by atoms with Gasteiger partial charge in [-0.1, -0.05) is 40.2 Å². The summed E-state index contributed by atoms with van der Waals surface area (Å²) in [6.45, 7) is -0.130. The van der Waals surface area contributed by atoms with E-state index in [-0.39, 0.29) is 18.4 Å². The number of para-hydroxylation sites is 2. The van der Waals surface area contributed by atoms with E-state index in [0.717, 1.165) is 21.1 Å². The molecule has 0 saturated heterocycles. The van der Waals surface area contributed by atoms with Crippen LogP contribution < -0.4 is 10.6 Å². The van der Waals surface area contributed by atoms with Crippen molar-refractivity contribution in [2.75, 3.05) is 11.9 Å². The average Bonchev–Trinajstić information content (AvgIpc) is 2.78. The molecule has 2 amide bonds. The van der Waals surface area contributed by atoms with E-state index in [1.165, 1.54) is 0 Å². The Balaban J connectivity index is 1.41. The number of rotatable bonds is 5. The fourth-order valence-electron chi connectivity index (χ4n) is 2.92. The van der Waals surface area contributed by atoms with E-state index >= 15 is 0 Å². The molecule has 0 aliphatic heterocycles. The van der Waals surface area contributed by atoms with Crippen molar-refractivity contribution >= 4 is 44.5 Å². The molecule has 148 valence electrons. The molecule has 3 aromatic carbocycles. The average molecular weight is 461 g/mol. The predicted octanol–water partition coefficient (Wildman–Crippen LogP) is 4.43. The summed E-state index contributed by atoms with van der Waals surface area (Å²) in [5.74, 6) is -0.625. The monoisotopic (exact) mass is 460 g/mol. The van der Waals surface area contributed by atoms with Gasteiger partial charge in [0.25, 0.3) is 5.91 Å². The quantitative estimate of drug-likeness (QED) is 0.461. The lowest BCUT2D eigenvalue weighted by Gasteiger charge is -2.09. The maximum atomic E-state index is 12.3. The molecule has 0 saturated carbocycles. The van der Waals surface area contributed by atoms with Crippen molar-refractivity contribution in [3.63, 3.8) is 0 Å². The second-order valence-electron chi connectivity index (χ2n) is 6.56. The normalized spacial score (nSPS) is 10.6. The number of aromatic nitrogens is 2. The Bertz CT molecular complexity index is 1230. The molecular weight excluding hydrogens is 444 g/mol. The second kappa shape index (κ2) is 8.84. The van der Waals surface area contributed by atoms with Crippen LogP contribution in [0, 0.1) is 0 Å². The molecule has 2 N–H and O–H groups in total. The Labute approximate surface area is 181 Å². The molecule has 0 aliphatic carbocycles. The van der Waals surface area contributed by atoms with Gasteiger partial charge in [0.1, 0.15) is 0 Å². The van der Waals surface area contributed by atoms with Crippen molar-refractivity contribution < 1.29 is 9.59 Å². The van der Waals surface area contributed by atoms with Gasteiger partial charge >= 0.3 is 0 Å². The maximum absolute atomic E-state index is 12.3. The first-order valence-electron chi connectivity index (χ1n) is 9.24. The molecule has 0 unspecified atom stereocenters. The molecule has 0 fully saturated rings. The Hall–Kier alpha value is -3.58. The highest BCUT2D eigenvalue weighted by Crippen LogP contribution is 2.22. The lowest BCUT2D eigenvalue weighted by atomic mass is 10.1. The number of hydrogen-bond donors (Lipinski definition) is 2. The molecule has 30 heavy (non-hydrogen) atoms. The number of benzene rings is 3. The van der Waals surface area contributed by atoms with Gasteiger partial charge in [-0.2, -0.15) is 0 Å². The van der Waals surface area contributed by atoms with E-state index in [2.05, 4.69) is 36.5 Å². The Kier molecular flexibility index (Phi) is 5.81. The van der Waals surface area contributed by atoms with Gasteiger partial charge in [-0.05, 0) is 48.5 Å². The third kappa shape index (κ3) is 4.69. The van der Waals surface area contributed by atoms with Gasteiger partial charge in [0, 0.05) is 21.3 Å². The summed E-state index contributed by atoms with van der Waals surface area (Å²) in [6.07, 6.45) is 1.71. The number of halogens is 1. The van der Waals surface area contributed by atoms with Crippen LogP contribution in [-0.2, 0) is 4.79 Å². The van der Waals surface area contributed by atoms with Gasteiger partial charge in [-0.3, -0.25) is 14.6 Å². The number of anilines is 1. The molecule has 6 nitrogen and oxygen atoms in total. The number of carbonyl (C=O) groups excluding carboxylic acids is 2. The summed E-state index contributed by atoms with van der Waals surface area (Å²) >= 11 is 3.32.